The van der Waals surface area contributed by atoms with Gasteiger partial charge >= 0.3 is 5.97 Å². The number of benzene rings is 3. The summed E-state index contributed by atoms with van der Waals surface area (Å²) in [6, 6.07) is 18.5. The zero-order valence-corrected chi connectivity index (χ0v) is 27.8. The summed E-state index contributed by atoms with van der Waals surface area (Å²) in [7, 11) is 7.70. The topological polar surface area (TPSA) is 100 Å². The van der Waals surface area contributed by atoms with Gasteiger partial charge in [0, 0.05) is 43.9 Å². The van der Waals surface area contributed by atoms with Gasteiger partial charge in [0.15, 0.2) is 31.9 Å². The summed E-state index contributed by atoms with van der Waals surface area (Å²) >= 11 is 0. The monoisotopic (exact) mass is 636 g/mol. The molecular weight excluding hydrogens is 592 g/mol. The van der Waals surface area contributed by atoms with Crippen LogP contribution in [0.3, 0.4) is 0 Å². The molecule has 0 heterocycles. The molecule has 1 unspecified atom stereocenters. The van der Waals surface area contributed by atoms with Crippen LogP contribution >= 0.6 is 0 Å². The highest BCUT2D eigenvalue weighted by Gasteiger charge is 2.31. The molecule has 0 spiro atoms. The van der Waals surface area contributed by atoms with Gasteiger partial charge in [-0.1, -0.05) is 48.6 Å². The van der Waals surface area contributed by atoms with E-state index >= 15 is 0 Å². The van der Waals surface area contributed by atoms with Crippen molar-refractivity contribution in [2.24, 2.45) is 0 Å². The fourth-order valence-electron chi connectivity index (χ4n) is 4.43. The minimum atomic E-state index is -0.780. The van der Waals surface area contributed by atoms with Gasteiger partial charge < -0.3 is 42.6 Å². The van der Waals surface area contributed by atoms with Crippen LogP contribution in [0, 0.1) is 0 Å². The SMILES string of the molecule is COCOc1ccccc1/C=C(/C(=O)OC(C)(C)C)C(/C=C/c1ccc(OC)cc1)c1ccc(OCOC)c(OC)c1OCOC. The van der Waals surface area contributed by atoms with Crippen LogP contribution in [-0.4, -0.2) is 67.5 Å². The highest BCUT2D eigenvalue weighted by Crippen LogP contribution is 2.46. The minimum Gasteiger partial charge on any atom is -0.497 e. The van der Waals surface area contributed by atoms with E-state index in [9.17, 15) is 4.79 Å². The van der Waals surface area contributed by atoms with Crippen LogP contribution in [0.5, 0.6) is 28.7 Å². The van der Waals surface area contributed by atoms with E-state index in [1.54, 1.807) is 32.4 Å². The molecule has 1 atom stereocenters. The molecule has 0 fully saturated rings. The molecule has 0 aliphatic carbocycles. The van der Waals surface area contributed by atoms with Crippen LogP contribution in [0.1, 0.15) is 43.4 Å². The maximum atomic E-state index is 14.1. The molecule has 10 heteroatoms. The first-order valence-electron chi connectivity index (χ1n) is 14.6. The van der Waals surface area contributed by atoms with E-state index in [4.69, 9.17) is 42.6 Å². The molecule has 3 aromatic rings. The van der Waals surface area contributed by atoms with Crippen molar-refractivity contribution >= 4 is 18.1 Å². The Bertz CT molecular complexity index is 1450. The van der Waals surface area contributed by atoms with Crippen molar-refractivity contribution in [3.05, 3.63) is 89.0 Å². The third-order valence-electron chi connectivity index (χ3n) is 6.43. The van der Waals surface area contributed by atoms with Gasteiger partial charge in [0.25, 0.3) is 0 Å². The molecule has 0 saturated heterocycles. The summed E-state index contributed by atoms with van der Waals surface area (Å²) in [5, 5.41) is 0. The summed E-state index contributed by atoms with van der Waals surface area (Å²) in [5.41, 5.74) is 1.65. The summed E-state index contributed by atoms with van der Waals surface area (Å²) in [5.74, 6) is 1.02. The third-order valence-corrected chi connectivity index (χ3v) is 6.43. The molecule has 3 aromatic carbocycles. The molecule has 0 amide bonds. The molecule has 0 radical (unpaired) electrons. The van der Waals surface area contributed by atoms with Crippen LogP contribution < -0.4 is 23.7 Å². The number of carbonyl (C=O) groups is 1. The van der Waals surface area contributed by atoms with E-state index in [0.29, 0.717) is 39.7 Å². The van der Waals surface area contributed by atoms with E-state index < -0.39 is 17.5 Å². The lowest BCUT2D eigenvalue weighted by molar-refractivity contribution is -0.150. The Morgan fingerprint density at radius 3 is 1.96 bits per heavy atom. The minimum absolute atomic E-state index is 0.0124. The van der Waals surface area contributed by atoms with Crippen LogP contribution in [0.15, 0.2) is 72.3 Å². The second kappa shape index (κ2) is 17.8. The molecule has 0 aromatic heterocycles. The molecule has 0 bridgehead atoms. The number of carbonyl (C=O) groups excluding carboxylic acids is 1. The van der Waals surface area contributed by atoms with E-state index in [0.717, 1.165) is 11.3 Å². The molecule has 10 nitrogen and oxygen atoms in total. The van der Waals surface area contributed by atoms with Crippen molar-refractivity contribution in [3.8, 4) is 28.7 Å². The second-order valence-corrected chi connectivity index (χ2v) is 10.9. The lowest BCUT2D eigenvalue weighted by Gasteiger charge is -2.26. The number of methoxy groups -OCH3 is 5. The molecule has 0 aliphatic heterocycles. The summed E-state index contributed by atoms with van der Waals surface area (Å²) in [6.07, 6.45) is 5.57. The zero-order chi connectivity index (χ0) is 33.5. The van der Waals surface area contributed by atoms with Crippen molar-refractivity contribution in [1.29, 1.82) is 0 Å². The van der Waals surface area contributed by atoms with Crippen molar-refractivity contribution in [2.75, 3.05) is 55.9 Å². The Labute approximate surface area is 271 Å². The molecule has 0 saturated carbocycles. The Balaban J connectivity index is 2.35. The van der Waals surface area contributed by atoms with Gasteiger partial charge in [-0.2, -0.15) is 0 Å². The number of esters is 1. The maximum absolute atomic E-state index is 14.1. The molecule has 0 N–H and O–H groups in total. The van der Waals surface area contributed by atoms with E-state index in [1.165, 1.54) is 21.3 Å². The van der Waals surface area contributed by atoms with Crippen LogP contribution in [0.4, 0.5) is 0 Å². The number of hydrogen-bond acceptors (Lipinski definition) is 10. The highest BCUT2D eigenvalue weighted by molar-refractivity contribution is 5.97. The van der Waals surface area contributed by atoms with Gasteiger partial charge in [-0.15, -0.1) is 0 Å². The highest BCUT2D eigenvalue weighted by atomic mass is 16.7. The van der Waals surface area contributed by atoms with Gasteiger partial charge in [-0.05, 0) is 56.7 Å². The predicted molar refractivity (Wildman–Crippen MR) is 176 cm³/mol. The van der Waals surface area contributed by atoms with Crippen molar-refractivity contribution < 1.29 is 47.4 Å². The first-order valence-corrected chi connectivity index (χ1v) is 14.6. The number of rotatable bonds is 17. The van der Waals surface area contributed by atoms with Crippen LogP contribution in [0.2, 0.25) is 0 Å². The quantitative estimate of drug-likeness (QED) is 0.0886. The second-order valence-electron chi connectivity index (χ2n) is 10.9. The number of ether oxygens (including phenoxy) is 9. The number of para-hydroxylation sites is 1. The van der Waals surface area contributed by atoms with Gasteiger partial charge in [0.1, 0.15) is 17.1 Å². The van der Waals surface area contributed by atoms with E-state index in [-0.39, 0.29) is 20.4 Å². The van der Waals surface area contributed by atoms with Crippen molar-refractivity contribution in [3.63, 3.8) is 0 Å². The van der Waals surface area contributed by atoms with E-state index in [1.807, 2.05) is 81.5 Å². The number of allylic oxidation sites excluding steroid dienone is 1. The van der Waals surface area contributed by atoms with Gasteiger partial charge in [-0.25, -0.2) is 4.79 Å². The predicted octanol–water partition coefficient (Wildman–Crippen LogP) is 6.87. The van der Waals surface area contributed by atoms with E-state index in [2.05, 4.69) is 0 Å². The summed E-state index contributed by atoms with van der Waals surface area (Å²) in [4.78, 5) is 14.1. The standard InChI is InChI=1S/C36H44O10/c1-36(2,3)46-35(37)30(21-26-11-9-10-12-31(26)43-22-38-4)28(18-15-25-13-16-27(41-7)17-14-25)29-19-20-32(44-23-39-5)34(42-8)33(29)45-24-40-6/h9-21,28H,22-24H2,1-8H3/b18-15+,30-21+. The Morgan fingerprint density at radius 1 is 0.717 bits per heavy atom. The fraction of sp³-hybridized carbons (Fsp3) is 0.361. The van der Waals surface area contributed by atoms with Crippen LogP contribution in [0.25, 0.3) is 12.2 Å². The fourth-order valence-corrected chi connectivity index (χ4v) is 4.43. The van der Waals surface area contributed by atoms with Crippen LogP contribution in [-0.2, 0) is 23.7 Å². The largest absolute Gasteiger partial charge is 0.497 e. The normalized spacial score (nSPS) is 12.5. The average molecular weight is 637 g/mol. The Hall–Kier alpha value is -4.51. The molecular formula is C36H44O10. The summed E-state index contributed by atoms with van der Waals surface area (Å²) < 4.78 is 50.3. The Kier molecular flexibility index (Phi) is 13.9. The molecule has 46 heavy (non-hydrogen) atoms. The van der Waals surface area contributed by atoms with Crippen molar-refractivity contribution in [2.45, 2.75) is 32.3 Å². The van der Waals surface area contributed by atoms with Gasteiger partial charge in [0.05, 0.1) is 14.2 Å². The van der Waals surface area contributed by atoms with Gasteiger partial charge in [-0.3, -0.25) is 0 Å². The Morgan fingerprint density at radius 2 is 1.35 bits per heavy atom. The lowest BCUT2D eigenvalue weighted by Crippen LogP contribution is -2.26. The smallest absolute Gasteiger partial charge is 0.335 e. The van der Waals surface area contributed by atoms with Crippen molar-refractivity contribution in [1.82, 2.24) is 0 Å². The third kappa shape index (κ3) is 10.3. The first-order chi connectivity index (χ1) is 22.1. The molecule has 248 valence electrons. The maximum Gasteiger partial charge on any atom is 0.335 e. The zero-order valence-electron chi connectivity index (χ0n) is 27.8. The summed E-state index contributed by atoms with van der Waals surface area (Å²) in [6.45, 7) is 5.38. The average Bonchev–Trinajstić information content (AvgIpc) is 3.04. The lowest BCUT2D eigenvalue weighted by atomic mass is 9.87. The first kappa shape index (κ1) is 36.0. The number of hydrogen-bond donors (Lipinski definition) is 0. The van der Waals surface area contributed by atoms with Gasteiger partial charge in [0.2, 0.25) is 5.75 Å². The molecule has 3 rings (SSSR count). The molecule has 0 aliphatic rings.